The Morgan fingerprint density at radius 2 is 1.88 bits per heavy atom. The summed E-state index contributed by atoms with van der Waals surface area (Å²) < 4.78 is 0. The molecule has 0 fully saturated rings. The van der Waals surface area contributed by atoms with Crippen molar-refractivity contribution >= 4 is 0 Å². The zero-order valence-corrected chi connectivity index (χ0v) is 11.9. The average molecular weight is 233 g/mol. The first-order chi connectivity index (χ1) is 8.17. The maximum absolute atomic E-state index is 2.39. The molecule has 0 radical (unpaired) electrons. The predicted molar refractivity (Wildman–Crippen MR) is 76.7 cm³/mol. The highest BCUT2D eigenvalue weighted by molar-refractivity contribution is 5.31. The Balaban J connectivity index is 2.40. The molecule has 0 aliphatic heterocycles. The van der Waals surface area contributed by atoms with Crippen LogP contribution >= 0.6 is 0 Å². The van der Waals surface area contributed by atoms with Crippen molar-refractivity contribution in [2.24, 2.45) is 0 Å². The molecule has 0 amide bonds. The van der Waals surface area contributed by atoms with E-state index >= 15 is 0 Å². The van der Waals surface area contributed by atoms with Crippen molar-refractivity contribution in [1.29, 1.82) is 0 Å². The van der Waals surface area contributed by atoms with Crippen molar-refractivity contribution < 1.29 is 0 Å². The zero-order valence-electron chi connectivity index (χ0n) is 11.9. The van der Waals surface area contributed by atoms with Gasteiger partial charge in [0.2, 0.25) is 0 Å². The quantitative estimate of drug-likeness (QED) is 0.647. The molecular weight excluding hydrogens is 206 g/mol. The highest BCUT2D eigenvalue weighted by Crippen LogP contribution is 2.14. The molecule has 0 saturated carbocycles. The minimum atomic E-state index is 1.14. The summed E-state index contributed by atoms with van der Waals surface area (Å²) >= 11 is 0. The SMILES string of the molecule is CCc1ccc(C)c(CCCCN(C)CC)c1. The molecule has 0 aliphatic rings. The highest BCUT2D eigenvalue weighted by Gasteiger charge is 2.01. The van der Waals surface area contributed by atoms with E-state index in [0.717, 1.165) is 13.0 Å². The number of hydrogen-bond acceptors (Lipinski definition) is 1. The molecule has 96 valence electrons. The van der Waals surface area contributed by atoms with Crippen LogP contribution in [0.1, 0.15) is 43.4 Å². The van der Waals surface area contributed by atoms with Gasteiger partial charge in [0.1, 0.15) is 0 Å². The van der Waals surface area contributed by atoms with Gasteiger partial charge in [-0.2, -0.15) is 0 Å². The van der Waals surface area contributed by atoms with E-state index in [1.165, 1.54) is 36.9 Å². The van der Waals surface area contributed by atoms with Crippen molar-refractivity contribution in [3.05, 3.63) is 34.9 Å². The molecule has 1 nitrogen and oxygen atoms in total. The summed E-state index contributed by atoms with van der Waals surface area (Å²) in [4.78, 5) is 2.38. The maximum atomic E-state index is 2.39. The summed E-state index contributed by atoms with van der Waals surface area (Å²) in [5.41, 5.74) is 4.46. The molecule has 0 saturated heterocycles. The Hall–Kier alpha value is -0.820. The van der Waals surface area contributed by atoms with Gasteiger partial charge < -0.3 is 4.90 Å². The summed E-state index contributed by atoms with van der Waals surface area (Å²) in [6.07, 6.45) is 4.99. The van der Waals surface area contributed by atoms with Gasteiger partial charge in [-0.1, -0.05) is 32.0 Å². The molecule has 0 heterocycles. The number of aryl methyl sites for hydroxylation is 3. The summed E-state index contributed by atoms with van der Waals surface area (Å²) in [5, 5.41) is 0. The van der Waals surface area contributed by atoms with Crippen LogP contribution < -0.4 is 0 Å². The molecule has 1 aromatic carbocycles. The summed E-state index contributed by atoms with van der Waals surface area (Å²) in [5.74, 6) is 0. The van der Waals surface area contributed by atoms with Gasteiger partial charge >= 0.3 is 0 Å². The van der Waals surface area contributed by atoms with E-state index in [9.17, 15) is 0 Å². The maximum Gasteiger partial charge on any atom is -0.00218 e. The van der Waals surface area contributed by atoms with Crippen molar-refractivity contribution in [3.63, 3.8) is 0 Å². The minimum Gasteiger partial charge on any atom is -0.307 e. The standard InChI is InChI=1S/C16H27N/c1-5-15-11-10-14(3)16(13-15)9-7-8-12-17(4)6-2/h10-11,13H,5-9,12H2,1-4H3. The van der Waals surface area contributed by atoms with Crippen LogP contribution in [0.2, 0.25) is 0 Å². The molecule has 1 rings (SSSR count). The van der Waals surface area contributed by atoms with Gasteiger partial charge in [0.25, 0.3) is 0 Å². The van der Waals surface area contributed by atoms with E-state index in [1.54, 1.807) is 5.56 Å². The molecular formula is C16H27N. The predicted octanol–water partition coefficient (Wildman–Crippen LogP) is 3.83. The second kappa shape index (κ2) is 7.50. The molecule has 0 bridgehead atoms. The van der Waals surface area contributed by atoms with Crippen LogP contribution in [0.5, 0.6) is 0 Å². The van der Waals surface area contributed by atoms with Crippen molar-refractivity contribution in [2.75, 3.05) is 20.1 Å². The number of hydrogen-bond donors (Lipinski definition) is 0. The largest absolute Gasteiger partial charge is 0.307 e. The number of benzene rings is 1. The Kier molecular flexibility index (Phi) is 6.28. The van der Waals surface area contributed by atoms with Gasteiger partial charge in [-0.15, -0.1) is 0 Å². The monoisotopic (exact) mass is 233 g/mol. The summed E-state index contributed by atoms with van der Waals surface area (Å²) in [6.45, 7) is 9.06. The summed E-state index contributed by atoms with van der Waals surface area (Å²) in [6, 6.07) is 6.91. The smallest absolute Gasteiger partial charge is 0.00218 e. The molecule has 0 unspecified atom stereocenters. The van der Waals surface area contributed by atoms with Crippen LogP contribution in [0.3, 0.4) is 0 Å². The van der Waals surface area contributed by atoms with E-state index < -0.39 is 0 Å². The first kappa shape index (κ1) is 14.2. The molecule has 17 heavy (non-hydrogen) atoms. The van der Waals surface area contributed by atoms with Gasteiger partial charge in [0.05, 0.1) is 0 Å². The van der Waals surface area contributed by atoms with Crippen LogP contribution in [0, 0.1) is 6.92 Å². The Labute approximate surface area is 107 Å². The molecule has 1 aromatic rings. The molecule has 0 aromatic heterocycles. The van der Waals surface area contributed by atoms with Gasteiger partial charge in [-0.25, -0.2) is 0 Å². The van der Waals surface area contributed by atoms with Gasteiger partial charge in [0.15, 0.2) is 0 Å². The topological polar surface area (TPSA) is 3.24 Å². The molecule has 0 N–H and O–H groups in total. The lowest BCUT2D eigenvalue weighted by atomic mass is 9.99. The fourth-order valence-corrected chi connectivity index (χ4v) is 2.07. The number of unbranched alkanes of at least 4 members (excludes halogenated alkanes) is 1. The van der Waals surface area contributed by atoms with Crippen LogP contribution in [0.15, 0.2) is 18.2 Å². The second-order valence-electron chi connectivity index (χ2n) is 4.97. The van der Waals surface area contributed by atoms with Crippen LogP contribution in [0.25, 0.3) is 0 Å². The fourth-order valence-electron chi connectivity index (χ4n) is 2.07. The first-order valence-corrected chi connectivity index (χ1v) is 6.94. The van der Waals surface area contributed by atoms with Crippen LogP contribution in [0.4, 0.5) is 0 Å². The Bertz CT molecular complexity index is 330. The van der Waals surface area contributed by atoms with Crippen LogP contribution in [-0.2, 0) is 12.8 Å². The third-order valence-corrected chi connectivity index (χ3v) is 3.60. The van der Waals surface area contributed by atoms with Crippen molar-refractivity contribution in [3.8, 4) is 0 Å². The zero-order chi connectivity index (χ0) is 12.7. The van der Waals surface area contributed by atoms with Gasteiger partial charge in [-0.3, -0.25) is 0 Å². The van der Waals surface area contributed by atoms with Crippen molar-refractivity contribution in [2.45, 2.75) is 46.5 Å². The summed E-state index contributed by atoms with van der Waals surface area (Å²) in [7, 11) is 2.20. The number of nitrogens with zero attached hydrogens (tertiary/aromatic N) is 1. The van der Waals surface area contributed by atoms with E-state index in [2.05, 4.69) is 50.9 Å². The van der Waals surface area contributed by atoms with Gasteiger partial charge in [0, 0.05) is 0 Å². The van der Waals surface area contributed by atoms with E-state index in [4.69, 9.17) is 0 Å². The minimum absolute atomic E-state index is 1.14. The van der Waals surface area contributed by atoms with E-state index in [0.29, 0.717) is 0 Å². The van der Waals surface area contributed by atoms with E-state index in [-0.39, 0.29) is 0 Å². The van der Waals surface area contributed by atoms with Gasteiger partial charge in [-0.05, 0) is 69.4 Å². The molecule has 0 spiro atoms. The second-order valence-corrected chi connectivity index (χ2v) is 4.97. The fraction of sp³-hybridized carbons (Fsp3) is 0.625. The van der Waals surface area contributed by atoms with Crippen LogP contribution in [-0.4, -0.2) is 25.0 Å². The highest BCUT2D eigenvalue weighted by atomic mass is 15.1. The third kappa shape index (κ3) is 4.91. The Morgan fingerprint density at radius 3 is 2.53 bits per heavy atom. The molecule has 0 aliphatic carbocycles. The average Bonchev–Trinajstić information content (AvgIpc) is 2.36. The lowest BCUT2D eigenvalue weighted by molar-refractivity contribution is 0.343. The lowest BCUT2D eigenvalue weighted by Crippen LogP contribution is -2.18. The van der Waals surface area contributed by atoms with Crippen molar-refractivity contribution in [1.82, 2.24) is 4.90 Å². The van der Waals surface area contributed by atoms with E-state index in [1.807, 2.05) is 0 Å². The molecule has 0 atom stereocenters. The lowest BCUT2D eigenvalue weighted by Gasteiger charge is -2.13. The third-order valence-electron chi connectivity index (χ3n) is 3.60. The normalized spacial score (nSPS) is 11.1. The first-order valence-electron chi connectivity index (χ1n) is 6.94. The number of rotatable bonds is 7. The Morgan fingerprint density at radius 1 is 1.12 bits per heavy atom. The molecule has 1 heteroatoms.